The largest absolute Gasteiger partial charge is 0.481 e. The predicted octanol–water partition coefficient (Wildman–Crippen LogP) is 6.64. The molecule has 0 aromatic rings. The van der Waals surface area contributed by atoms with Crippen LogP contribution < -0.4 is 0 Å². The lowest BCUT2D eigenvalue weighted by molar-refractivity contribution is -0.137. The van der Waals surface area contributed by atoms with Crippen molar-refractivity contribution in [3.8, 4) is 0 Å². The Labute approximate surface area is 155 Å². The number of aliphatic hydroxyl groups excluding tert-OH is 1. The number of hydrogen-bond donors (Lipinski definition) is 2. The highest BCUT2D eigenvalue weighted by atomic mass is 16.4. The number of rotatable bonds is 19. The summed E-state index contributed by atoms with van der Waals surface area (Å²) in [6, 6.07) is 0. The first-order valence-corrected chi connectivity index (χ1v) is 10.7. The summed E-state index contributed by atoms with van der Waals surface area (Å²) in [6.45, 7) is 2.25. The molecular weight excluding hydrogens is 312 g/mol. The molecule has 2 N–H and O–H groups in total. The molecule has 1 unspecified atom stereocenters. The quantitative estimate of drug-likeness (QED) is 0.202. The van der Waals surface area contributed by atoms with Gasteiger partial charge in [-0.05, 0) is 38.5 Å². The van der Waals surface area contributed by atoms with Crippen LogP contribution in [0.15, 0.2) is 12.2 Å². The second-order valence-corrected chi connectivity index (χ2v) is 7.31. The van der Waals surface area contributed by atoms with Gasteiger partial charge in [0.05, 0.1) is 6.10 Å². The van der Waals surface area contributed by atoms with Crippen molar-refractivity contribution in [3.05, 3.63) is 12.2 Å². The molecule has 0 saturated heterocycles. The fourth-order valence-corrected chi connectivity index (χ4v) is 3.08. The van der Waals surface area contributed by atoms with Gasteiger partial charge in [0.2, 0.25) is 0 Å². The first kappa shape index (κ1) is 24.2. The van der Waals surface area contributed by atoms with E-state index < -0.39 is 5.97 Å². The molecule has 0 aromatic carbocycles. The van der Waals surface area contributed by atoms with Crippen molar-refractivity contribution < 1.29 is 15.0 Å². The van der Waals surface area contributed by atoms with E-state index in [1.807, 2.05) is 0 Å². The van der Waals surface area contributed by atoms with Crippen LogP contribution in [0.25, 0.3) is 0 Å². The molecule has 0 spiro atoms. The third-order valence-electron chi connectivity index (χ3n) is 4.73. The summed E-state index contributed by atoms with van der Waals surface area (Å²) in [5.74, 6) is -0.706. The van der Waals surface area contributed by atoms with Gasteiger partial charge in [-0.25, -0.2) is 0 Å². The topological polar surface area (TPSA) is 57.5 Å². The highest BCUT2D eigenvalue weighted by Gasteiger charge is 2.03. The van der Waals surface area contributed by atoms with Gasteiger partial charge in [-0.3, -0.25) is 4.79 Å². The number of aliphatic carboxylic acids is 1. The van der Waals surface area contributed by atoms with Crippen molar-refractivity contribution in [1.29, 1.82) is 0 Å². The maximum atomic E-state index is 10.4. The van der Waals surface area contributed by atoms with E-state index in [0.717, 1.165) is 38.5 Å². The molecule has 0 rings (SSSR count). The van der Waals surface area contributed by atoms with Crippen LogP contribution >= 0.6 is 0 Å². The number of carbonyl (C=O) groups is 1. The molecule has 0 fully saturated rings. The second-order valence-electron chi connectivity index (χ2n) is 7.31. The van der Waals surface area contributed by atoms with E-state index in [0.29, 0.717) is 0 Å². The highest BCUT2D eigenvalue weighted by molar-refractivity contribution is 5.66. The monoisotopic (exact) mass is 354 g/mol. The van der Waals surface area contributed by atoms with Gasteiger partial charge < -0.3 is 10.2 Å². The molecule has 0 amide bonds. The molecule has 3 heteroatoms. The van der Waals surface area contributed by atoms with E-state index in [1.165, 1.54) is 64.2 Å². The first-order chi connectivity index (χ1) is 12.2. The zero-order chi connectivity index (χ0) is 18.6. The van der Waals surface area contributed by atoms with Gasteiger partial charge >= 0.3 is 5.97 Å². The van der Waals surface area contributed by atoms with Gasteiger partial charge in [-0.15, -0.1) is 0 Å². The fraction of sp³-hybridized carbons (Fsp3) is 0.864. The minimum absolute atomic E-state index is 0.0928. The SMILES string of the molecule is CCCCCCCCCC(O)CCCCCC/C=C/CCCC(=O)O. The second kappa shape index (κ2) is 19.5. The lowest BCUT2D eigenvalue weighted by Gasteiger charge is -2.10. The minimum atomic E-state index is -0.706. The van der Waals surface area contributed by atoms with Crippen LogP contribution in [-0.4, -0.2) is 22.3 Å². The Balaban J connectivity index is 3.22. The number of unbranched alkanes of at least 4 members (excludes halogenated alkanes) is 11. The zero-order valence-corrected chi connectivity index (χ0v) is 16.6. The van der Waals surface area contributed by atoms with Crippen LogP contribution in [0.4, 0.5) is 0 Å². The Morgan fingerprint density at radius 3 is 1.80 bits per heavy atom. The van der Waals surface area contributed by atoms with Crippen LogP contribution in [0.5, 0.6) is 0 Å². The molecule has 148 valence electrons. The lowest BCUT2D eigenvalue weighted by Crippen LogP contribution is -2.05. The molecule has 0 saturated carbocycles. The normalized spacial score (nSPS) is 12.7. The molecule has 0 aliphatic rings. The average Bonchev–Trinajstić information content (AvgIpc) is 2.58. The number of carboxylic acids is 1. The van der Waals surface area contributed by atoms with Gasteiger partial charge in [0.25, 0.3) is 0 Å². The number of hydrogen-bond acceptors (Lipinski definition) is 2. The predicted molar refractivity (Wildman–Crippen MR) is 107 cm³/mol. The van der Waals surface area contributed by atoms with Crippen LogP contribution in [-0.2, 0) is 4.79 Å². The molecular formula is C22H42O3. The Morgan fingerprint density at radius 2 is 1.24 bits per heavy atom. The summed E-state index contributed by atoms with van der Waals surface area (Å²) in [7, 11) is 0. The fourth-order valence-electron chi connectivity index (χ4n) is 3.08. The highest BCUT2D eigenvalue weighted by Crippen LogP contribution is 2.14. The number of aliphatic hydroxyl groups is 1. The molecule has 1 atom stereocenters. The van der Waals surface area contributed by atoms with Gasteiger partial charge in [0.1, 0.15) is 0 Å². The Hall–Kier alpha value is -0.830. The summed E-state index contributed by atoms with van der Waals surface area (Å²) in [4.78, 5) is 10.4. The van der Waals surface area contributed by atoms with Gasteiger partial charge in [-0.1, -0.05) is 83.3 Å². The van der Waals surface area contributed by atoms with Crippen LogP contribution in [0, 0.1) is 0 Å². The van der Waals surface area contributed by atoms with E-state index >= 15 is 0 Å². The van der Waals surface area contributed by atoms with E-state index in [-0.39, 0.29) is 12.5 Å². The molecule has 3 nitrogen and oxygen atoms in total. The van der Waals surface area contributed by atoms with Gasteiger partial charge in [0, 0.05) is 6.42 Å². The molecule has 0 aliphatic heterocycles. The Kier molecular flexibility index (Phi) is 18.8. The van der Waals surface area contributed by atoms with Crippen LogP contribution in [0.1, 0.15) is 116 Å². The van der Waals surface area contributed by atoms with Crippen molar-refractivity contribution in [3.63, 3.8) is 0 Å². The number of allylic oxidation sites excluding steroid dienone is 2. The van der Waals surface area contributed by atoms with Crippen molar-refractivity contribution in [1.82, 2.24) is 0 Å². The van der Waals surface area contributed by atoms with Crippen molar-refractivity contribution in [2.24, 2.45) is 0 Å². The lowest BCUT2D eigenvalue weighted by atomic mass is 10.0. The summed E-state index contributed by atoms with van der Waals surface area (Å²) >= 11 is 0. The van der Waals surface area contributed by atoms with Gasteiger partial charge in [-0.2, -0.15) is 0 Å². The minimum Gasteiger partial charge on any atom is -0.481 e. The number of carboxylic acid groups (broad SMARTS) is 1. The molecule has 0 bridgehead atoms. The zero-order valence-electron chi connectivity index (χ0n) is 16.6. The maximum Gasteiger partial charge on any atom is 0.303 e. The molecule has 0 heterocycles. The Morgan fingerprint density at radius 1 is 0.760 bits per heavy atom. The van der Waals surface area contributed by atoms with E-state index in [4.69, 9.17) is 5.11 Å². The standard InChI is InChI=1S/C22H42O3/c1-2-3-4-5-9-12-15-18-21(23)19-16-13-10-7-6-8-11-14-17-20-22(24)25/h8,11,21,23H,2-7,9-10,12-20H2,1H3,(H,24,25)/b11-8+. The van der Waals surface area contributed by atoms with Crippen molar-refractivity contribution in [2.45, 2.75) is 122 Å². The maximum absolute atomic E-state index is 10.4. The third-order valence-corrected chi connectivity index (χ3v) is 4.73. The first-order valence-electron chi connectivity index (χ1n) is 10.7. The van der Waals surface area contributed by atoms with E-state index in [9.17, 15) is 9.90 Å². The van der Waals surface area contributed by atoms with E-state index in [1.54, 1.807) is 0 Å². The summed E-state index contributed by atoms with van der Waals surface area (Å²) in [5, 5.41) is 18.5. The van der Waals surface area contributed by atoms with Crippen molar-refractivity contribution >= 4 is 5.97 Å². The Bertz CT molecular complexity index is 312. The summed E-state index contributed by atoms with van der Waals surface area (Å²) in [6.07, 6.45) is 23.1. The molecule has 0 radical (unpaired) electrons. The third kappa shape index (κ3) is 21.1. The van der Waals surface area contributed by atoms with E-state index in [2.05, 4.69) is 19.1 Å². The molecule has 25 heavy (non-hydrogen) atoms. The van der Waals surface area contributed by atoms with Crippen LogP contribution in [0.3, 0.4) is 0 Å². The molecule has 0 aliphatic carbocycles. The smallest absolute Gasteiger partial charge is 0.303 e. The average molecular weight is 355 g/mol. The molecule has 0 aromatic heterocycles. The van der Waals surface area contributed by atoms with Crippen LogP contribution in [0.2, 0.25) is 0 Å². The van der Waals surface area contributed by atoms with Gasteiger partial charge in [0.15, 0.2) is 0 Å². The van der Waals surface area contributed by atoms with Crippen molar-refractivity contribution in [2.75, 3.05) is 0 Å². The summed E-state index contributed by atoms with van der Waals surface area (Å²) in [5.41, 5.74) is 0. The summed E-state index contributed by atoms with van der Waals surface area (Å²) < 4.78 is 0.